The van der Waals surface area contributed by atoms with Crippen LogP contribution in [0, 0.1) is 0 Å². The average Bonchev–Trinajstić information content (AvgIpc) is 2.17. The number of hydrogen-bond donors (Lipinski definition) is 0. The summed E-state index contributed by atoms with van der Waals surface area (Å²) in [5, 5.41) is 0.311. The van der Waals surface area contributed by atoms with E-state index < -0.39 is 5.97 Å². The maximum Gasteiger partial charge on any atom is 0.357 e. The van der Waals surface area contributed by atoms with Gasteiger partial charge < -0.3 is 4.74 Å². The van der Waals surface area contributed by atoms with Crippen LogP contribution < -0.4 is 0 Å². The Morgan fingerprint density at radius 3 is 2.79 bits per heavy atom. The normalized spacial score (nSPS) is 9.93. The Bertz CT molecular complexity index is 342. The zero-order valence-corrected chi connectivity index (χ0v) is 8.84. The fraction of sp³-hybridized carbons (Fsp3) is 0.444. The van der Waals surface area contributed by atoms with Crippen LogP contribution in [0.1, 0.15) is 29.9 Å². The Kier molecular flexibility index (Phi) is 3.83. The van der Waals surface area contributed by atoms with Gasteiger partial charge in [0.05, 0.1) is 6.61 Å². The minimum atomic E-state index is -0.450. The lowest BCUT2D eigenvalue weighted by molar-refractivity contribution is 0.0518. The summed E-state index contributed by atoms with van der Waals surface area (Å²) < 4.78 is 4.84. The van der Waals surface area contributed by atoms with Crippen molar-refractivity contribution in [3.63, 3.8) is 0 Å². The summed E-state index contributed by atoms with van der Waals surface area (Å²) in [6.07, 6.45) is 1.86. The molecule has 0 atom stereocenters. The lowest BCUT2D eigenvalue weighted by atomic mass is 10.2. The molecular formula is C9H11ClN2O2. The van der Waals surface area contributed by atoms with Crippen molar-refractivity contribution in [2.75, 3.05) is 6.61 Å². The van der Waals surface area contributed by atoms with Crippen LogP contribution in [0.15, 0.2) is 6.33 Å². The first-order chi connectivity index (χ1) is 6.70. The summed E-state index contributed by atoms with van der Waals surface area (Å²) >= 11 is 5.81. The first kappa shape index (κ1) is 10.9. The van der Waals surface area contributed by atoms with Crippen LogP contribution in [0.3, 0.4) is 0 Å². The molecule has 0 N–H and O–H groups in total. The van der Waals surface area contributed by atoms with Crippen molar-refractivity contribution in [3.05, 3.63) is 22.7 Å². The van der Waals surface area contributed by atoms with Gasteiger partial charge in [0.25, 0.3) is 0 Å². The summed E-state index contributed by atoms with van der Waals surface area (Å²) in [6, 6.07) is 0. The summed E-state index contributed by atoms with van der Waals surface area (Å²) in [6.45, 7) is 3.95. The molecule has 0 spiro atoms. The van der Waals surface area contributed by atoms with Gasteiger partial charge in [-0.1, -0.05) is 18.5 Å². The monoisotopic (exact) mass is 214 g/mol. The Morgan fingerprint density at radius 1 is 1.50 bits per heavy atom. The molecule has 0 aliphatic rings. The first-order valence-electron chi connectivity index (χ1n) is 4.37. The summed E-state index contributed by atoms with van der Waals surface area (Å²) in [5.74, 6) is -0.450. The summed E-state index contributed by atoms with van der Waals surface area (Å²) in [7, 11) is 0. The highest BCUT2D eigenvalue weighted by Gasteiger charge is 2.15. The largest absolute Gasteiger partial charge is 0.461 e. The Balaban J connectivity index is 3.07. The van der Waals surface area contributed by atoms with Crippen LogP contribution in [0.5, 0.6) is 0 Å². The standard InChI is InChI=1S/C9H11ClN2O2/c1-3-6-7(9(13)14-4-2)11-5-12-8(6)10/h5H,3-4H2,1-2H3. The van der Waals surface area contributed by atoms with Gasteiger partial charge in [0.15, 0.2) is 5.69 Å². The Labute approximate surface area is 87.3 Å². The number of rotatable bonds is 3. The number of halogens is 1. The van der Waals surface area contributed by atoms with Crippen molar-refractivity contribution in [2.24, 2.45) is 0 Å². The second-order valence-electron chi connectivity index (χ2n) is 2.57. The minimum absolute atomic E-state index is 0.259. The quantitative estimate of drug-likeness (QED) is 0.569. The van der Waals surface area contributed by atoms with E-state index in [-0.39, 0.29) is 5.69 Å². The molecule has 0 aromatic carbocycles. The van der Waals surface area contributed by atoms with Crippen LogP contribution in [0.4, 0.5) is 0 Å². The van der Waals surface area contributed by atoms with Crippen molar-refractivity contribution in [1.82, 2.24) is 9.97 Å². The number of nitrogens with zero attached hydrogens (tertiary/aromatic N) is 2. The Morgan fingerprint density at radius 2 is 2.21 bits per heavy atom. The second-order valence-corrected chi connectivity index (χ2v) is 2.92. The number of esters is 1. The fourth-order valence-corrected chi connectivity index (χ4v) is 1.35. The van der Waals surface area contributed by atoms with Crippen molar-refractivity contribution in [3.8, 4) is 0 Å². The van der Waals surface area contributed by atoms with Crippen molar-refractivity contribution < 1.29 is 9.53 Å². The molecule has 5 heteroatoms. The molecule has 0 aliphatic carbocycles. The molecule has 0 amide bonds. The van der Waals surface area contributed by atoms with Gasteiger partial charge in [0, 0.05) is 5.56 Å². The van der Waals surface area contributed by atoms with E-state index in [1.807, 2.05) is 6.92 Å². The molecule has 0 fully saturated rings. The van der Waals surface area contributed by atoms with E-state index in [1.165, 1.54) is 6.33 Å². The van der Waals surface area contributed by atoms with E-state index in [0.29, 0.717) is 23.7 Å². The predicted molar refractivity (Wildman–Crippen MR) is 52.4 cm³/mol. The van der Waals surface area contributed by atoms with E-state index in [2.05, 4.69) is 9.97 Å². The third-order valence-corrected chi connectivity index (χ3v) is 2.04. The molecule has 0 aliphatic heterocycles. The van der Waals surface area contributed by atoms with E-state index in [4.69, 9.17) is 16.3 Å². The van der Waals surface area contributed by atoms with Crippen molar-refractivity contribution in [2.45, 2.75) is 20.3 Å². The number of hydrogen-bond acceptors (Lipinski definition) is 4. The van der Waals surface area contributed by atoms with Crippen LogP contribution in [0.25, 0.3) is 0 Å². The summed E-state index contributed by atoms with van der Waals surface area (Å²) in [4.78, 5) is 19.1. The van der Waals surface area contributed by atoms with E-state index in [0.717, 1.165) is 0 Å². The lowest BCUT2D eigenvalue weighted by Crippen LogP contribution is -2.11. The molecule has 0 radical (unpaired) electrons. The maximum atomic E-state index is 11.4. The van der Waals surface area contributed by atoms with Gasteiger partial charge in [0.1, 0.15) is 11.5 Å². The molecule has 1 rings (SSSR count). The van der Waals surface area contributed by atoms with Gasteiger partial charge in [0.2, 0.25) is 0 Å². The fourth-order valence-electron chi connectivity index (χ4n) is 1.08. The molecule has 14 heavy (non-hydrogen) atoms. The maximum absolute atomic E-state index is 11.4. The highest BCUT2D eigenvalue weighted by molar-refractivity contribution is 6.30. The number of carbonyl (C=O) groups excluding carboxylic acids is 1. The predicted octanol–water partition coefficient (Wildman–Crippen LogP) is 1.87. The first-order valence-corrected chi connectivity index (χ1v) is 4.75. The van der Waals surface area contributed by atoms with E-state index in [9.17, 15) is 4.79 Å². The van der Waals surface area contributed by atoms with Gasteiger partial charge in [-0.2, -0.15) is 0 Å². The molecular weight excluding hydrogens is 204 g/mol. The van der Waals surface area contributed by atoms with Crippen LogP contribution >= 0.6 is 11.6 Å². The van der Waals surface area contributed by atoms with E-state index in [1.54, 1.807) is 6.92 Å². The van der Waals surface area contributed by atoms with Gasteiger partial charge in [-0.15, -0.1) is 0 Å². The topological polar surface area (TPSA) is 52.1 Å². The summed E-state index contributed by atoms with van der Waals surface area (Å²) in [5.41, 5.74) is 0.891. The number of aromatic nitrogens is 2. The van der Waals surface area contributed by atoms with E-state index >= 15 is 0 Å². The molecule has 1 heterocycles. The second kappa shape index (κ2) is 4.91. The SMILES string of the molecule is CCOC(=O)c1ncnc(Cl)c1CC. The van der Waals surface area contributed by atoms with Crippen molar-refractivity contribution >= 4 is 17.6 Å². The number of ether oxygens (including phenoxy) is 1. The highest BCUT2D eigenvalue weighted by atomic mass is 35.5. The van der Waals surface area contributed by atoms with Crippen LogP contribution in [0.2, 0.25) is 5.15 Å². The highest BCUT2D eigenvalue weighted by Crippen LogP contribution is 2.16. The minimum Gasteiger partial charge on any atom is -0.461 e. The molecule has 1 aromatic heterocycles. The molecule has 0 saturated carbocycles. The number of carbonyl (C=O) groups is 1. The van der Waals surface area contributed by atoms with Crippen molar-refractivity contribution in [1.29, 1.82) is 0 Å². The molecule has 0 unspecified atom stereocenters. The zero-order chi connectivity index (χ0) is 10.6. The van der Waals surface area contributed by atoms with Gasteiger partial charge in [-0.05, 0) is 13.3 Å². The average molecular weight is 215 g/mol. The molecule has 1 aromatic rings. The Hall–Kier alpha value is -1.16. The molecule has 0 saturated heterocycles. The van der Waals surface area contributed by atoms with Crippen LogP contribution in [-0.4, -0.2) is 22.5 Å². The third kappa shape index (κ3) is 2.20. The van der Waals surface area contributed by atoms with Gasteiger partial charge >= 0.3 is 5.97 Å². The van der Waals surface area contributed by atoms with Crippen LogP contribution in [-0.2, 0) is 11.2 Å². The molecule has 4 nitrogen and oxygen atoms in total. The lowest BCUT2D eigenvalue weighted by Gasteiger charge is -2.06. The smallest absolute Gasteiger partial charge is 0.357 e. The van der Waals surface area contributed by atoms with Gasteiger partial charge in [-0.25, -0.2) is 14.8 Å². The van der Waals surface area contributed by atoms with Gasteiger partial charge in [-0.3, -0.25) is 0 Å². The third-order valence-electron chi connectivity index (χ3n) is 1.72. The molecule has 0 bridgehead atoms. The molecule has 76 valence electrons. The zero-order valence-electron chi connectivity index (χ0n) is 8.08.